The lowest BCUT2D eigenvalue weighted by atomic mass is 10.0. The third-order valence-corrected chi connectivity index (χ3v) is 9.77. The van der Waals surface area contributed by atoms with Crippen LogP contribution < -0.4 is 5.32 Å². The molecule has 0 aliphatic rings. The monoisotopic (exact) mass is 650 g/mol. The molecule has 3 N–H and O–H groups in total. The van der Waals surface area contributed by atoms with Crippen molar-refractivity contribution in [3.63, 3.8) is 0 Å². The molecule has 2 atom stereocenters. The molecule has 274 valence electrons. The molecule has 4 heteroatoms. The molecule has 0 heterocycles. The van der Waals surface area contributed by atoms with E-state index in [4.69, 9.17) is 0 Å². The molecule has 0 aromatic heterocycles. The zero-order valence-corrected chi connectivity index (χ0v) is 31.4. The quantitative estimate of drug-likeness (QED) is 0.0460. The minimum Gasteiger partial charge on any atom is -0.394 e. The lowest BCUT2D eigenvalue weighted by Gasteiger charge is -2.20. The van der Waals surface area contributed by atoms with Crippen LogP contribution in [0.1, 0.15) is 232 Å². The minimum absolute atomic E-state index is 0.0602. The zero-order valence-electron chi connectivity index (χ0n) is 31.4. The summed E-state index contributed by atoms with van der Waals surface area (Å²) in [6.07, 6.45) is 47.4. The summed E-state index contributed by atoms with van der Waals surface area (Å²) in [6.45, 7) is 4.32. The van der Waals surface area contributed by atoms with Crippen molar-refractivity contribution < 1.29 is 15.0 Å². The highest BCUT2D eigenvalue weighted by Gasteiger charge is 2.17. The number of amides is 1. The van der Waals surface area contributed by atoms with E-state index in [9.17, 15) is 15.0 Å². The van der Waals surface area contributed by atoms with Crippen molar-refractivity contribution in [2.45, 2.75) is 244 Å². The zero-order chi connectivity index (χ0) is 33.6. The van der Waals surface area contributed by atoms with Crippen LogP contribution in [0.5, 0.6) is 0 Å². The number of hydrogen-bond donors (Lipinski definition) is 3. The molecule has 0 aliphatic carbocycles. The number of nitrogens with one attached hydrogen (secondary N) is 1. The number of hydrogen-bond acceptors (Lipinski definition) is 3. The fraction of sp³-hybridized carbons (Fsp3) is 0.929. The summed E-state index contributed by atoms with van der Waals surface area (Å²) in [5, 5.41) is 23.0. The number of unbranched alkanes of at least 4 members (excludes halogenated alkanes) is 31. The number of aliphatic hydroxyl groups excluding tert-OH is 2. The SMILES string of the molecule is CCCCCCCCCCCCCCCCC=CC(O)C(CO)NC(=O)CCCCCCCCCCCCCCCCCCCC. The molecule has 0 aliphatic heterocycles. The summed E-state index contributed by atoms with van der Waals surface area (Å²) in [6, 6.07) is -0.615. The second kappa shape index (κ2) is 38.6. The maximum Gasteiger partial charge on any atom is 0.220 e. The maximum atomic E-state index is 12.4. The Bertz CT molecular complexity index is 622. The summed E-state index contributed by atoms with van der Waals surface area (Å²) in [7, 11) is 0. The van der Waals surface area contributed by atoms with Gasteiger partial charge < -0.3 is 15.5 Å². The highest BCUT2D eigenvalue weighted by molar-refractivity contribution is 5.76. The summed E-state index contributed by atoms with van der Waals surface area (Å²) >= 11 is 0. The molecule has 0 saturated heterocycles. The first-order valence-corrected chi connectivity index (χ1v) is 20.9. The van der Waals surface area contributed by atoms with E-state index in [-0.39, 0.29) is 12.5 Å². The van der Waals surface area contributed by atoms with Gasteiger partial charge >= 0.3 is 0 Å². The Labute approximate surface area is 288 Å². The van der Waals surface area contributed by atoms with E-state index in [1.807, 2.05) is 6.08 Å². The Morgan fingerprint density at radius 1 is 0.500 bits per heavy atom. The van der Waals surface area contributed by atoms with E-state index in [0.717, 1.165) is 25.7 Å². The van der Waals surface area contributed by atoms with Crippen molar-refractivity contribution in [1.82, 2.24) is 5.32 Å². The smallest absolute Gasteiger partial charge is 0.220 e. The Hall–Kier alpha value is -0.870. The number of rotatable bonds is 38. The third-order valence-electron chi connectivity index (χ3n) is 9.77. The topological polar surface area (TPSA) is 69.6 Å². The van der Waals surface area contributed by atoms with Crippen LogP contribution in [0.15, 0.2) is 12.2 Å². The molecule has 46 heavy (non-hydrogen) atoms. The standard InChI is InChI=1S/C42H83NO3/c1-3-5-7-9-11-13-15-17-19-21-22-24-26-28-30-32-34-36-38-42(46)43-40(39-44)41(45)37-35-33-31-29-27-25-23-20-18-16-14-12-10-8-6-4-2/h35,37,40-41,44-45H,3-34,36,38-39H2,1-2H3,(H,43,46). The lowest BCUT2D eigenvalue weighted by molar-refractivity contribution is -0.123. The van der Waals surface area contributed by atoms with Crippen LogP contribution >= 0.6 is 0 Å². The van der Waals surface area contributed by atoms with Gasteiger partial charge in [0, 0.05) is 6.42 Å². The van der Waals surface area contributed by atoms with Crippen LogP contribution in [0.3, 0.4) is 0 Å². The average molecular weight is 650 g/mol. The summed E-state index contributed by atoms with van der Waals surface area (Å²) in [4.78, 5) is 12.4. The normalized spacial score (nSPS) is 13.0. The molecule has 1 amide bonds. The van der Waals surface area contributed by atoms with Crippen LogP contribution in [0.2, 0.25) is 0 Å². The Morgan fingerprint density at radius 3 is 1.13 bits per heavy atom. The molecule has 0 rings (SSSR count). The predicted octanol–water partition coefficient (Wildman–Crippen LogP) is 12.7. The Morgan fingerprint density at radius 2 is 0.804 bits per heavy atom. The van der Waals surface area contributed by atoms with E-state index >= 15 is 0 Å². The van der Waals surface area contributed by atoms with Gasteiger partial charge in [0.1, 0.15) is 0 Å². The van der Waals surface area contributed by atoms with E-state index < -0.39 is 12.1 Å². The molecule has 0 saturated carbocycles. The molecule has 0 spiro atoms. The van der Waals surface area contributed by atoms with Gasteiger partial charge in [-0.25, -0.2) is 0 Å². The second-order valence-electron chi connectivity index (χ2n) is 14.4. The Balaban J connectivity index is 3.54. The fourth-order valence-corrected chi connectivity index (χ4v) is 6.53. The van der Waals surface area contributed by atoms with Crippen LogP contribution in [0.25, 0.3) is 0 Å². The van der Waals surface area contributed by atoms with Crippen molar-refractivity contribution in [2.24, 2.45) is 0 Å². The maximum absolute atomic E-state index is 12.4. The van der Waals surface area contributed by atoms with Gasteiger partial charge in [0.2, 0.25) is 5.91 Å². The van der Waals surface area contributed by atoms with E-state index in [2.05, 4.69) is 19.2 Å². The number of allylic oxidation sites excluding steroid dienone is 1. The number of carbonyl (C=O) groups excluding carboxylic acids is 1. The first-order chi connectivity index (χ1) is 22.7. The van der Waals surface area contributed by atoms with Gasteiger partial charge in [-0.05, 0) is 19.3 Å². The van der Waals surface area contributed by atoms with Crippen LogP contribution in [0, 0.1) is 0 Å². The van der Waals surface area contributed by atoms with Gasteiger partial charge in [-0.2, -0.15) is 0 Å². The highest BCUT2D eigenvalue weighted by Crippen LogP contribution is 2.16. The van der Waals surface area contributed by atoms with Gasteiger partial charge in [-0.3, -0.25) is 4.79 Å². The van der Waals surface area contributed by atoms with Gasteiger partial charge in [0.15, 0.2) is 0 Å². The lowest BCUT2D eigenvalue weighted by Crippen LogP contribution is -2.45. The minimum atomic E-state index is -0.832. The fourth-order valence-electron chi connectivity index (χ4n) is 6.53. The summed E-state index contributed by atoms with van der Waals surface area (Å²) in [5.41, 5.74) is 0. The first kappa shape index (κ1) is 45.1. The van der Waals surface area contributed by atoms with Crippen LogP contribution in [-0.2, 0) is 4.79 Å². The average Bonchev–Trinajstić information content (AvgIpc) is 3.06. The van der Waals surface area contributed by atoms with Gasteiger partial charge in [0.05, 0.1) is 18.8 Å². The van der Waals surface area contributed by atoms with E-state index in [1.165, 1.54) is 186 Å². The van der Waals surface area contributed by atoms with Crippen LogP contribution in [-0.4, -0.2) is 34.9 Å². The first-order valence-electron chi connectivity index (χ1n) is 20.9. The highest BCUT2D eigenvalue weighted by atomic mass is 16.3. The predicted molar refractivity (Wildman–Crippen MR) is 202 cm³/mol. The molecule has 0 aromatic carbocycles. The Kier molecular flexibility index (Phi) is 37.8. The van der Waals surface area contributed by atoms with Crippen molar-refractivity contribution in [1.29, 1.82) is 0 Å². The molecular formula is C42H83NO3. The van der Waals surface area contributed by atoms with Gasteiger partial charge in [0.25, 0.3) is 0 Å². The molecule has 0 aromatic rings. The molecule has 4 nitrogen and oxygen atoms in total. The third kappa shape index (κ3) is 34.5. The van der Waals surface area contributed by atoms with Gasteiger partial charge in [-0.15, -0.1) is 0 Å². The largest absolute Gasteiger partial charge is 0.394 e. The summed E-state index contributed by atoms with van der Waals surface area (Å²) in [5.74, 6) is -0.0602. The molecule has 2 unspecified atom stereocenters. The van der Waals surface area contributed by atoms with Crippen molar-refractivity contribution in [3.05, 3.63) is 12.2 Å². The van der Waals surface area contributed by atoms with Crippen molar-refractivity contribution >= 4 is 5.91 Å². The van der Waals surface area contributed by atoms with E-state index in [0.29, 0.717) is 6.42 Å². The summed E-state index contributed by atoms with van der Waals surface area (Å²) < 4.78 is 0. The van der Waals surface area contributed by atoms with Crippen molar-refractivity contribution in [3.8, 4) is 0 Å². The van der Waals surface area contributed by atoms with E-state index in [1.54, 1.807) is 6.08 Å². The molecule has 0 bridgehead atoms. The second-order valence-corrected chi connectivity index (χ2v) is 14.4. The number of carbonyl (C=O) groups is 1. The number of aliphatic hydroxyl groups is 2. The van der Waals surface area contributed by atoms with Crippen molar-refractivity contribution in [2.75, 3.05) is 6.61 Å². The molecule has 0 fully saturated rings. The molecule has 0 radical (unpaired) electrons. The molecular weight excluding hydrogens is 566 g/mol. The van der Waals surface area contributed by atoms with Gasteiger partial charge in [-0.1, -0.05) is 219 Å². The van der Waals surface area contributed by atoms with Crippen LogP contribution in [0.4, 0.5) is 0 Å².